The zero-order valence-electron chi connectivity index (χ0n) is 11.8. The Kier molecular flexibility index (Phi) is 6.49. The topological polar surface area (TPSA) is 91.3 Å². The normalized spacial score (nSPS) is 11.9. The Morgan fingerprint density at radius 1 is 1.30 bits per heavy atom. The number of carboxylic acids is 1. The largest absolute Gasteiger partial charge is 0.481 e. The number of pyridine rings is 1. The van der Waals surface area contributed by atoms with E-state index in [4.69, 9.17) is 5.11 Å². The summed E-state index contributed by atoms with van der Waals surface area (Å²) in [4.78, 5) is 26.3. The molecule has 6 nitrogen and oxygen atoms in total. The lowest BCUT2D eigenvalue weighted by Crippen LogP contribution is -2.45. The lowest BCUT2D eigenvalue weighted by molar-refractivity contribution is -0.137. The van der Waals surface area contributed by atoms with Crippen LogP contribution in [-0.2, 0) is 11.2 Å². The summed E-state index contributed by atoms with van der Waals surface area (Å²) < 4.78 is 0. The Bertz CT molecular complexity index is 435. The molecule has 3 N–H and O–H groups in total. The van der Waals surface area contributed by atoms with E-state index in [9.17, 15) is 9.59 Å². The molecule has 0 aliphatic rings. The lowest BCUT2D eigenvalue weighted by Gasteiger charge is -2.20. The highest BCUT2D eigenvalue weighted by Crippen LogP contribution is 2.05. The quantitative estimate of drug-likeness (QED) is 0.704. The van der Waals surface area contributed by atoms with Gasteiger partial charge in [-0.1, -0.05) is 13.8 Å². The molecule has 0 saturated heterocycles. The average molecular weight is 279 g/mol. The van der Waals surface area contributed by atoms with Gasteiger partial charge in [-0.2, -0.15) is 0 Å². The Morgan fingerprint density at radius 3 is 2.50 bits per heavy atom. The van der Waals surface area contributed by atoms with Crippen molar-refractivity contribution in [1.29, 1.82) is 0 Å². The fraction of sp³-hybridized carbons (Fsp3) is 0.500. The number of amides is 2. The number of carbonyl (C=O) groups excluding carboxylic acids is 1. The minimum absolute atomic E-state index is 0.0667. The van der Waals surface area contributed by atoms with Crippen LogP contribution >= 0.6 is 0 Å². The third kappa shape index (κ3) is 6.17. The van der Waals surface area contributed by atoms with Crippen molar-refractivity contribution >= 4 is 12.0 Å². The number of aliphatic carboxylic acids is 1. The standard InChI is InChI=1S/C14H21N3O3/c1-10(2)12(9-13(18)19)17-14(20)16-8-5-11-3-6-15-7-4-11/h3-4,6-7,10,12H,5,8-9H2,1-2H3,(H,18,19)(H2,16,17,20). The van der Waals surface area contributed by atoms with Crippen LogP contribution in [0.4, 0.5) is 4.79 Å². The van der Waals surface area contributed by atoms with Crippen LogP contribution in [0.3, 0.4) is 0 Å². The molecule has 0 aromatic carbocycles. The second kappa shape index (κ2) is 8.14. The van der Waals surface area contributed by atoms with Crippen LogP contribution in [0.5, 0.6) is 0 Å². The van der Waals surface area contributed by atoms with Crippen molar-refractivity contribution in [1.82, 2.24) is 15.6 Å². The van der Waals surface area contributed by atoms with E-state index in [2.05, 4.69) is 15.6 Å². The summed E-state index contributed by atoms with van der Waals surface area (Å²) in [6, 6.07) is 3.08. The van der Waals surface area contributed by atoms with Crippen molar-refractivity contribution in [3.05, 3.63) is 30.1 Å². The molecular weight excluding hydrogens is 258 g/mol. The number of carboxylic acid groups (broad SMARTS) is 1. The van der Waals surface area contributed by atoms with E-state index < -0.39 is 5.97 Å². The van der Waals surface area contributed by atoms with Gasteiger partial charge in [0.2, 0.25) is 0 Å². The summed E-state index contributed by atoms with van der Waals surface area (Å²) in [7, 11) is 0. The Labute approximate surface area is 118 Å². The summed E-state index contributed by atoms with van der Waals surface area (Å²) in [5, 5.41) is 14.2. The SMILES string of the molecule is CC(C)C(CC(=O)O)NC(=O)NCCc1ccncc1. The highest BCUT2D eigenvalue weighted by Gasteiger charge is 2.18. The number of rotatable bonds is 7. The molecule has 1 aromatic heterocycles. The maximum absolute atomic E-state index is 11.7. The molecule has 1 atom stereocenters. The minimum Gasteiger partial charge on any atom is -0.481 e. The molecule has 20 heavy (non-hydrogen) atoms. The number of hydrogen-bond acceptors (Lipinski definition) is 3. The minimum atomic E-state index is -0.916. The molecule has 0 radical (unpaired) electrons. The highest BCUT2D eigenvalue weighted by atomic mass is 16.4. The fourth-order valence-electron chi connectivity index (χ4n) is 1.73. The van der Waals surface area contributed by atoms with Gasteiger partial charge in [0, 0.05) is 25.0 Å². The molecule has 1 heterocycles. The van der Waals surface area contributed by atoms with Crippen LogP contribution in [0.25, 0.3) is 0 Å². The molecule has 0 bridgehead atoms. The van der Waals surface area contributed by atoms with Gasteiger partial charge in [-0.15, -0.1) is 0 Å². The van der Waals surface area contributed by atoms with Gasteiger partial charge in [0.1, 0.15) is 0 Å². The Hall–Kier alpha value is -2.11. The first-order valence-corrected chi connectivity index (χ1v) is 6.64. The van der Waals surface area contributed by atoms with Crippen molar-refractivity contribution in [3.8, 4) is 0 Å². The first kappa shape index (κ1) is 15.9. The first-order chi connectivity index (χ1) is 9.49. The number of nitrogens with one attached hydrogen (secondary N) is 2. The molecule has 2 amide bonds. The summed E-state index contributed by atoms with van der Waals surface area (Å²) in [5.74, 6) is -0.849. The van der Waals surface area contributed by atoms with Crippen LogP contribution in [0.15, 0.2) is 24.5 Å². The lowest BCUT2D eigenvalue weighted by atomic mass is 10.0. The second-order valence-electron chi connectivity index (χ2n) is 4.95. The van der Waals surface area contributed by atoms with Gasteiger partial charge in [-0.05, 0) is 30.0 Å². The van der Waals surface area contributed by atoms with Crippen LogP contribution in [-0.4, -0.2) is 34.7 Å². The zero-order valence-corrected chi connectivity index (χ0v) is 11.8. The number of carbonyl (C=O) groups is 2. The third-order valence-electron chi connectivity index (χ3n) is 2.96. The summed E-state index contributed by atoms with van der Waals surface area (Å²) >= 11 is 0. The smallest absolute Gasteiger partial charge is 0.315 e. The number of aromatic nitrogens is 1. The van der Waals surface area contributed by atoms with Gasteiger partial charge in [0.25, 0.3) is 0 Å². The molecule has 1 rings (SSSR count). The van der Waals surface area contributed by atoms with Crippen LogP contribution in [0.2, 0.25) is 0 Å². The third-order valence-corrected chi connectivity index (χ3v) is 2.96. The predicted molar refractivity (Wildman–Crippen MR) is 75.4 cm³/mol. The summed E-state index contributed by atoms with van der Waals surface area (Å²) in [6.07, 6.45) is 4.05. The highest BCUT2D eigenvalue weighted by molar-refractivity contribution is 5.75. The van der Waals surface area contributed by atoms with E-state index in [1.807, 2.05) is 26.0 Å². The second-order valence-corrected chi connectivity index (χ2v) is 4.95. The van der Waals surface area contributed by atoms with Crippen molar-refractivity contribution in [2.24, 2.45) is 5.92 Å². The van der Waals surface area contributed by atoms with E-state index in [0.717, 1.165) is 5.56 Å². The van der Waals surface area contributed by atoms with Gasteiger partial charge in [0.15, 0.2) is 0 Å². The molecule has 1 unspecified atom stereocenters. The van der Waals surface area contributed by atoms with E-state index >= 15 is 0 Å². The molecule has 0 spiro atoms. The monoisotopic (exact) mass is 279 g/mol. The van der Waals surface area contributed by atoms with Crippen molar-refractivity contribution in [3.63, 3.8) is 0 Å². The molecule has 0 saturated carbocycles. The summed E-state index contributed by atoms with van der Waals surface area (Å²) in [6.45, 7) is 4.25. The molecule has 6 heteroatoms. The Balaban J connectivity index is 2.33. The van der Waals surface area contributed by atoms with Crippen molar-refractivity contribution in [2.45, 2.75) is 32.7 Å². The molecule has 0 aliphatic carbocycles. The number of urea groups is 1. The van der Waals surface area contributed by atoms with E-state index in [-0.39, 0.29) is 24.4 Å². The van der Waals surface area contributed by atoms with Crippen LogP contribution in [0.1, 0.15) is 25.8 Å². The van der Waals surface area contributed by atoms with Gasteiger partial charge in [0.05, 0.1) is 6.42 Å². The Morgan fingerprint density at radius 2 is 1.95 bits per heavy atom. The average Bonchev–Trinajstić information content (AvgIpc) is 2.38. The van der Waals surface area contributed by atoms with Gasteiger partial charge >= 0.3 is 12.0 Å². The van der Waals surface area contributed by atoms with E-state index in [0.29, 0.717) is 13.0 Å². The molecule has 0 fully saturated rings. The van der Waals surface area contributed by atoms with E-state index in [1.165, 1.54) is 0 Å². The van der Waals surface area contributed by atoms with E-state index in [1.54, 1.807) is 12.4 Å². The van der Waals surface area contributed by atoms with Gasteiger partial charge in [-0.25, -0.2) is 4.79 Å². The zero-order chi connectivity index (χ0) is 15.0. The van der Waals surface area contributed by atoms with Crippen LogP contribution < -0.4 is 10.6 Å². The maximum Gasteiger partial charge on any atom is 0.315 e. The summed E-state index contributed by atoms with van der Waals surface area (Å²) in [5.41, 5.74) is 1.09. The number of nitrogens with zero attached hydrogens (tertiary/aromatic N) is 1. The predicted octanol–water partition coefficient (Wildman–Crippen LogP) is 1.42. The fourth-order valence-corrected chi connectivity index (χ4v) is 1.73. The molecule has 0 aliphatic heterocycles. The van der Waals surface area contributed by atoms with Crippen molar-refractivity contribution in [2.75, 3.05) is 6.54 Å². The maximum atomic E-state index is 11.7. The van der Waals surface area contributed by atoms with Crippen LogP contribution in [0, 0.1) is 5.92 Å². The molecular formula is C14H21N3O3. The molecule has 110 valence electrons. The van der Waals surface area contributed by atoms with Gasteiger partial charge in [-0.3, -0.25) is 9.78 Å². The number of hydrogen-bond donors (Lipinski definition) is 3. The molecule has 1 aromatic rings. The van der Waals surface area contributed by atoms with Gasteiger partial charge < -0.3 is 15.7 Å². The first-order valence-electron chi connectivity index (χ1n) is 6.64. The van der Waals surface area contributed by atoms with Crippen molar-refractivity contribution < 1.29 is 14.7 Å².